The molecule has 0 radical (unpaired) electrons. The third-order valence-electron chi connectivity index (χ3n) is 8.28. The van der Waals surface area contributed by atoms with Gasteiger partial charge in [0.1, 0.15) is 12.4 Å². The average Bonchev–Trinajstić information content (AvgIpc) is 2.92. The van der Waals surface area contributed by atoms with Crippen molar-refractivity contribution < 1.29 is 19.1 Å². The lowest BCUT2D eigenvalue weighted by Crippen LogP contribution is -2.41. The van der Waals surface area contributed by atoms with E-state index < -0.39 is 6.09 Å². The van der Waals surface area contributed by atoms with E-state index in [1.807, 2.05) is 42.5 Å². The van der Waals surface area contributed by atoms with E-state index in [0.717, 1.165) is 44.2 Å². The van der Waals surface area contributed by atoms with Gasteiger partial charge in [0.15, 0.2) is 0 Å². The predicted molar refractivity (Wildman–Crippen MR) is 150 cm³/mol. The van der Waals surface area contributed by atoms with E-state index in [4.69, 9.17) is 9.47 Å². The maximum absolute atomic E-state index is 13.2. The standard InChI is InChI=1S/C32H44N2O4/c1-34(2)22-27-14-7-8-17-29(27)26-15-11-16-28(20-26)38-30(35)21-32(18-9-4-10-19-32)24-33-31(36)37-23-25-12-5-3-6-13-25/h3,5-6,11-13,15-16,20,27,29H,4,7-10,14,17-19,21-24H2,1-2H3,(H,33,36)/t27-,29?/m0/s1. The van der Waals surface area contributed by atoms with Gasteiger partial charge < -0.3 is 19.7 Å². The van der Waals surface area contributed by atoms with Gasteiger partial charge in [0.25, 0.3) is 0 Å². The first-order valence-corrected chi connectivity index (χ1v) is 14.3. The Kier molecular flexibility index (Phi) is 10.2. The van der Waals surface area contributed by atoms with Crippen LogP contribution in [0.3, 0.4) is 0 Å². The number of ether oxygens (including phenoxy) is 2. The summed E-state index contributed by atoms with van der Waals surface area (Å²) in [5, 5.41) is 2.93. The van der Waals surface area contributed by atoms with Crippen LogP contribution in [-0.2, 0) is 16.1 Å². The van der Waals surface area contributed by atoms with Crippen LogP contribution in [0.25, 0.3) is 0 Å². The van der Waals surface area contributed by atoms with Crippen LogP contribution >= 0.6 is 0 Å². The summed E-state index contributed by atoms with van der Waals surface area (Å²) in [4.78, 5) is 27.9. The van der Waals surface area contributed by atoms with Crippen molar-refractivity contribution in [3.8, 4) is 5.75 Å². The van der Waals surface area contributed by atoms with Crippen LogP contribution in [0, 0.1) is 11.3 Å². The molecule has 6 heteroatoms. The van der Waals surface area contributed by atoms with Crippen molar-refractivity contribution in [3.63, 3.8) is 0 Å². The second-order valence-corrected chi connectivity index (χ2v) is 11.6. The Morgan fingerprint density at radius 3 is 2.47 bits per heavy atom. The Hall–Kier alpha value is -2.86. The van der Waals surface area contributed by atoms with Crippen molar-refractivity contribution in [1.82, 2.24) is 10.2 Å². The summed E-state index contributed by atoms with van der Waals surface area (Å²) in [6.45, 7) is 1.73. The first kappa shape index (κ1) is 28.2. The zero-order valence-electron chi connectivity index (χ0n) is 23.1. The number of carbonyl (C=O) groups is 2. The summed E-state index contributed by atoms with van der Waals surface area (Å²) in [7, 11) is 4.28. The van der Waals surface area contributed by atoms with Gasteiger partial charge >= 0.3 is 12.1 Å². The third-order valence-corrected chi connectivity index (χ3v) is 8.28. The van der Waals surface area contributed by atoms with Gasteiger partial charge in [0.2, 0.25) is 0 Å². The van der Waals surface area contributed by atoms with Crippen molar-refractivity contribution in [1.29, 1.82) is 0 Å². The van der Waals surface area contributed by atoms with E-state index in [1.54, 1.807) is 0 Å². The van der Waals surface area contributed by atoms with Crippen LogP contribution in [0.15, 0.2) is 54.6 Å². The minimum absolute atomic E-state index is 0.225. The number of benzene rings is 2. The van der Waals surface area contributed by atoms with Crippen LogP contribution in [0.1, 0.15) is 81.3 Å². The van der Waals surface area contributed by atoms with E-state index in [2.05, 4.69) is 36.4 Å². The SMILES string of the molecule is CN(C)C[C@@H]1CCCCC1c1cccc(OC(=O)CC2(CNC(=O)OCc3ccccc3)CCCCC2)c1. The van der Waals surface area contributed by atoms with Gasteiger partial charge in [-0.05, 0) is 80.3 Å². The molecule has 2 atom stereocenters. The van der Waals surface area contributed by atoms with E-state index in [0.29, 0.717) is 30.6 Å². The normalized spacial score (nSPS) is 21.0. The van der Waals surface area contributed by atoms with Crippen LogP contribution in [0.2, 0.25) is 0 Å². The number of nitrogens with one attached hydrogen (secondary N) is 1. The molecular weight excluding hydrogens is 476 g/mol. The van der Waals surface area contributed by atoms with Crippen LogP contribution in [0.4, 0.5) is 4.79 Å². The number of hydrogen-bond acceptors (Lipinski definition) is 5. The molecule has 1 unspecified atom stereocenters. The Balaban J connectivity index is 1.34. The highest BCUT2D eigenvalue weighted by Crippen LogP contribution is 2.41. The highest BCUT2D eigenvalue weighted by Gasteiger charge is 2.36. The molecule has 2 saturated carbocycles. The van der Waals surface area contributed by atoms with Gasteiger partial charge in [-0.15, -0.1) is 0 Å². The average molecular weight is 521 g/mol. The van der Waals surface area contributed by atoms with Gasteiger partial charge in [-0.2, -0.15) is 0 Å². The number of amides is 1. The molecule has 6 nitrogen and oxygen atoms in total. The van der Waals surface area contributed by atoms with Gasteiger partial charge in [0.05, 0.1) is 6.42 Å². The lowest BCUT2D eigenvalue weighted by molar-refractivity contribution is -0.137. The molecule has 2 aliphatic rings. The Morgan fingerprint density at radius 1 is 0.947 bits per heavy atom. The molecule has 38 heavy (non-hydrogen) atoms. The molecule has 0 spiro atoms. The molecule has 2 aliphatic carbocycles. The molecule has 1 N–H and O–H groups in total. The smallest absolute Gasteiger partial charge is 0.407 e. The number of alkyl carbamates (subject to hydrolysis) is 1. The summed E-state index contributed by atoms with van der Waals surface area (Å²) < 4.78 is 11.3. The molecule has 0 saturated heterocycles. The van der Waals surface area contributed by atoms with Crippen molar-refractivity contribution in [2.75, 3.05) is 27.2 Å². The van der Waals surface area contributed by atoms with Crippen LogP contribution in [-0.4, -0.2) is 44.1 Å². The van der Waals surface area contributed by atoms with Crippen molar-refractivity contribution in [2.24, 2.45) is 11.3 Å². The topological polar surface area (TPSA) is 67.9 Å². The molecule has 2 aromatic carbocycles. The van der Waals surface area contributed by atoms with Crippen LogP contribution in [0.5, 0.6) is 5.75 Å². The molecule has 0 aliphatic heterocycles. The summed E-state index contributed by atoms with van der Waals surface area (Å²) >= 11 is 0. The van der Waals surface area contributed by atoms with Crippen molar-refractivity contribution >= 4 is 12.1 Å². The number of hydrogen-bond donors (Lipinski definition) is 1. The third kappa shape index (κ3) is 8.32. The van der Waals surface area contributed by atoms with E-state index >= 15 is 0 Å². The Labute approximate surface area is 228 Å². The molecule has 4 rings (SSSR count). The molecule has 0 heterocycles. The zero-order chi connectivity index (χ0) is 26.8. The van der Waals surface area contributed by atoms with Crippen molar-refractivity contribution in [2.45, 2.75) is 76.7 Å². The Bertz CT molecular complexity index is 1030. The summed E-state index contributed by atoms with van der Waals surface area (Å²) in [6.07, 6.45) is 9.89. The molecule has 2 aromatic rings. The summed E-state index contributed by atoms with van der Waals surface area (Å²) in [5.74, 6) is 1.53. The maximum Gasteiger partial charge on any atom is 0.407 e. The van der Waals surface area contributed by atoms with Gasteiger partial charge in [-0.25, -0.2) is 4.79 Å². The maximum atomic E-state index is 13.2. The second-order valence-electron chi connectivity index (χ2n) is 11.6. The highest BCUT2D eigenvalue weighted by atomic mass is 16.5. The molecule has 1 amide bonds. The van der Waals surface area contributed by atoms with Gasteiger partial charge in [-0.3, -0.25) is 4.79 Å². The number of nitrogens with zero attached hydrogens (tertiary/aromatic N) is 1. The van der Waals surface area contributed by atoms with Gasteiger partial charge in [-0.1, -0.05) is 74.6 Å². The van der Waals surface area contributed by atoms with E-state index in [1.165, 1.54) is 31.2 Å². The fraction of sp³-hybridized carbons (Fsp3) is 0.562. The molecule has 0 aromatic heterocycles. The van der Waals surface area contributed by atoms with E-state index in [9.17, 15) is 9.59 Å². The quantitative estimate of drug-likeness (QED) is 0.279. The molecule has 2 fully saturated rings. The number of esters is 1. The number of carbonyl (C=O) groups excluding carboxylic acids is 2. The Morgan fingerprint density at radius 2 is 1.71 bits per heavy atom. The summed E-state index contributed by atoms with van der Waals surface area (Å²) in [6, 6.07) is 17.8. The molecule has 0 bridgehead atoms. The summed E-state index contributed by atoms with van der Waals surface area (Å²) in [5.41, 5.74) is 1.93. The lowest BCUT2D eigenvalue weighted by atomic mass is 9.71. The van der Waals surface area contributed by atoms with E-state index in [-0.39, 0.29) is 18.0 Å². The first-order valence-electron chi connectivity index (χ1n) is 14.3. The highest BCUT2D eigenvalue weighted by molar-refractivity contribution is 5.73. The van der Waals surface area contributed by atoms with Gasteiger partial charge in [0, 0.05) is 13.1 Å². The molecular formula is C32H44N2O4. The van der Waals surface area contributed by atoms with Crippen LogP contribution < -0.4 is 10.1 Å². The largest absolute Gasteiger partial charge is 0.445 e. The minimum atomic E-state index is -0.445. The predicted octanol–water partition coefficient (Wildman–Crippen LogP) is 6.69. The molecule has 206 valence electrons. The monoisotopic (exact) mass is 520 g/mol. The lowest BCUT2D eigenvalue weighted by Gasteiger charge is -2.36. The fourth-order valence-corrected chi connectivity index (χ4v) is 6.37. The fourth-order valence-electron chi connectivity index (χ4n) is 6.37. The minimum Gasteiger partial charge on any atom is -0.445 e. The second kappa shape index (κ2) is 13.8. The zero-order valence-corrected chi connectivity index (χ0v) is 23.1. The first-order chi connectivity index (χ1) is 18.4. The number of rotatable bonds is 10. The van der Waals surface area contributed by atoms with Crippen molar-refractivity contribution in [3.05, 3.63) is 65.7 Å².